The highest BCUT2D eigenvalue weighted by Gasteiger charge is 2.47. The van der Waals surface area contributed by atoms with Gasteiger partial charge in [-0.3, -0.25) is 14.5 Å². The van der Waals surface area contributed by atoms with E-state index in [0.29, 0.717) is 11.3 Å². The highest BCUT2D eigenvalue weighted by molar-refractivity contribution is 6.52. The van der Waals surface area contributed by atoms with Crippen LogP contribution in [0.3, 0.4) is 0 Å². The number of amides is 1. The van der Waals surface area contributed by atoms with E-state index in [-0.39, 0.29) is 11.3 Å². The Hall–Kier alpha value is -4.64. The number of hydrogen-bond acceptors (Lipinski definition) is 3. The maximum absolute atomic E-state index is 13.5. The van der Waals surface area contributed by atoms with Crippen molar-refractivity contribution in [1.82, 2.24) is 4.98 Å². The molecule has 4 aromatic carbocycles. The number of hydrogen-bond donors (Lipinski definition) is 2. The summed E-state index contributed by atoms with van der Waals surface area (Å²) >= 11 is 0. The first-order valence-corrected chi connectivity index (χ1v) is 11.1. The minimum Gasteiger partial charge on any atom is -0.507 e. The summed E-state index contributed by atoms with van der Waals surface area (Å²) in [5.74, 6) is -1.54. The van der Waals surface area contributed by atoms with Crippen LogP contribution in [0, 0.1) is 0 Å². The summed E-state index contributed by atoms with van der Waals surface area (Å²) < 4.78 is 0. The number of rotatable bonds is 3. The monoisotopic (exact) mass is 444 g/mol. The first kappa shape index (κ1) is 20.0. The van der Waals surface area contributed by atoms with E-state index in [0.717, 1.165) is 27.2 Å². The van der Waals surface area contributed by atoms with Gasteiger partial charge in [-0.1, -0.05) is 78.9 Å². The van der Waals surface area contributed by atoms with Crippen LogP contribution < -0.4 is 4.90 Å². The number of Topliss-reactive ketones (excluding diaryl/α,β-unsaturated/α-hetero) is 1. The fourth-order valence-corrected chi connectivity index (χ4v) is 4.88. The van der Waals surface area contributed by atoms with Gasteiger partial charge in [-0.25, -0.2) is 0 Å². The van der Waals surface area contributed by atoms with Crippen molar-refractivity contribution >= 4 is 44.8 Å². The van der Waals surface area contributed by atoms with Gasteiger partial charge in [-0.2, -0.15) is 0 Å². The van der Waals surface area contributed by atoms with Crippen molar-refractivity contribution in [3.63, 3.8) is 0 Å². The fraction of sp³-hybridized carbons (Fsp3) is 0.0345. The lowest BCUT2D eigenvalue weighted by molar-refractivity contribution is -0.132. The van der Waals surface area contributed by atoms with E-state index < -0.39 is 17.7 Å². The van der Waals surface area contributed by atoms with Crippen LogP contribution in [0.1, 0.15) is 17.2 Å². The molecule has 2 N–H and O–H groups in total. The number of nitrogens with zero attached hydrogens (tertiary/aromatic N) is 1. The number of benzene rings is 4. The number of anilines is 1. The molecular formula is C29H20N2O3. The van der Waals surface area contributed by atoms with Gasteiger partial charge in [0.15, 0.2) is 0 Å². The quantitative estimate of drug-likeness (QED) is 0.205. The molecule has 0 aliphatic carbocycles. The van der Waals surface area contributed by atoms with E-state index in [2.05, 4.69) is 4.98 Å². The second kappa shape index (κ2) is 7.74. The molecule has 1 amide bonds. The number of nitrogens with one attached hydrogen (secondary N) is 1. The second-order valence-electron chi connectivity index (χ2n) is 8.32. The third-order valence-corrected chi connectivity index (χ3v) is 6.44. The number of para-hydroxylation sites is 2. The largest absolute Gasteiger partial charge is 0.507 e. The fourth-order valence-electron chi connectivity index (χ4n) is 4.88. The number of aromatic amines is 1. The van der Waals surface area contributed by atoms with E-state index in [1.807, 2.05) is 85.1 Å². The van der Waals surface area contributed by atoms with Gasteiger partial charge >= 0.3 is 0 Å². The normalized spacial score (nSPS) is 17.6. The van der Waals surface area contributed by atoms with Crippen molar-refractivity contribution in [2.45, 2.75) is 6.04 Å². The Labute approximate surface area is 195 Å². The highest BCUT2D eigenvalue weighted by atomic mass is 16.3. The van der Waals surface area contributed by atoms with Crippen LogP contribution in [0.5, 0.6) is 0 Å². The molecule has 1 aliphatic rings. The number of aromatic nitrogens is 1. The predicted molar refractivity (Wildman–Crippen MR) is 133 cm³/mol. The molecule has 5 aromatic rings. The Bertz CT molecular complexity index is 1610. The topological polar surface area (TPSA) is 73.4 Å². The molecule has 1 unspecified atom stereocenters. The van der Waals surface area contributed by atoms with Gasteiger partial charge in [0.25, 0.3) is 11.7 Å². The van der Waals surface area contributed by atoms with Crippen molar-refractivity contribution in [1.29, 1.82) is 0 Å². The minimum atomic E-state index is -0.780. The molecule has 1 saturated heterocycles. The number of H-pyrrole nitrogens is 1. The predicted octanol–water partition coefficient (Wildman–Crippen LogP) is 5.95. The number of aliphatic hydroxyl groups excluding tert-OH is 1. The Kier molecular flexibility index (Phi) is 4.56. The van der Waals surface area contributed by atoms with Crippen molar-refractivity contribution in [2.24, 2.45) is 0 Å². The molecule has 6 rings (SSSR count). The summed E-state index contributed by atoms with van der Waals surface area (Å²) in [7, 11) is 0. The standard InChI is InChI=1S/C29H20N2O3/c32-27(22-15-8-10-18-9-4-5-13-20(18)22)25-26(23-17-30-24-16-7-6-14-21(23)24)31(29(34)28(25)33)19-11-2-1-3-12-19/h1-17,26,30,32H/b27-25+. The molecule has 5 heteroatoms. The van der Waals surface area contributed by atoms with Gasteiger partial charge < -0.3 is 10.1 Å². The van der Waals surface area contributed by atoms with E-state index in [4.69, 9.17) is 0 Å². The van der Waals surface area contributed by atoms with Crippen molar-refractivity contribution in [2.75, 3.05) is 4.90 Å². The molecule has 1 aliphatic heterocycles. The summed E-state index contributed by atoms with van der Waals surface area (Å²) in [4.78, 5) is 31.6. The van der Waals surface area contributed by atoms with Gasteiger partial charge in [0.05, 0.1) is 11.6 Å². The number of carbonyl (C=O) groups excluding carboxylic acids is 2. The zero-order valence-electron chi connectivity index (χ0n) is 18.1. The van der Waals surface area contributed by atoms with Crippen molar-refractivity contribution < 1.29 is 14.7 Å². The van der Waals surface area contributed by atoms with E-state index in [1.165, 1.54) is 4.90 Å². The lowest BCUT2D eigenvalue weighted by Crippen LogP contribution is -2.29. The molecule has 1 fully saturated rings. The van der Waals surface area contributed by atoms with E-state index in [9.17, 15) is 14.7 Å². The van der Waals surface area contributed by atoms with Gasteiger partial charge in [0.1, 0.15) is 5.76 Å². The Morgan fingerprint density at radius 2 is 1.44 bits per heavy atom. The van der Waals surface area contributed by atoms with Crippen LogP contribution in [-0.4, -0.2) is 21.8 Å². The number of fused-ring (bicyclic) bond motifs is 2. The molecule has 2 heterocycles. The molecule has 0 bridgehead atoms. The number of ketones is 1. The molecule has 5 nitrogen and oxygen atoms in total. The second-order valence-corrected chi connectivity index (χ2v) is 8.32. The third-order valence-electron chi connectivity index (χ3n) is 6.44. The molecule has 34 heavy (non-hydrogen) atoms. The summed E-state index contributed by atoms with van der Waals surface area (Å²) in [6, 6.07) is 29.3. The lowest BCUT2D eigenvalue weighted by atomic mass is 9.93. The van der Waals surface area contributed by atoms with Gasteiger partial charge in [0, 0.05) is 33.9 Å². The Morgan fingerprint density at radius 3 is 2.26 bits per heavy atom. The van der Waals surface area contributed by atoms with E-state index in [1.54, 1.807) is 18.2 Å². The molecule has 164 valence electrons. The zero-order valence-corrected chi connectivity index (χ0v) is 18.1. The summed E-state index contributed by atoms with van der Waals surface area (Å²) in [5, 5.41) is 14.2. The first-order chi connectivity index (χ1) is 16.6. The zero-order chi connectivity index (χ0) is 23.2. The summed E-state index contributed by atoms with van der Waals surface area (Å²) in [6.45, 7) is 0. The Morgan fingerprint density at radius 1 is 0.765 bits per heavy atom. The summed E-state index contributed by atoms with van der Waals surface area (Å²) in [5.41, 5.74) is 2.84. The van der Waals surface area contributed by atoms with Crippen LogP contribution in [0.25, 0.3) is 27.4 Å². The molecule has 0 radical (unpaired) electrons. The van der Waals surface area contributed by atoms with Gasteiger partial charge in [-0.05, 0) is 29.0 Å². The molecule has 0 spiro atoms. The molecule has 1 atom stereocenters. The lowest BCUT2D eigenvalue weighted by Gasteiger charge is -2.25. The Balaban J connectivity index is 1.66. The third kappa shape index (κ3) is 2.94. The van der Waals surface area contributed by atoms with Crippen molar-refractivity contribution in [3.8, 4) is 0 Å². The molecular weight excluding hydrogens is 424 g/mol. The SMILES string of the molecule is O=C1C(=O)N(c2ccccc2)C(c2c[nH]c3ccccc23)/C1=C(\O)c1cccc2ccccc12. The average Bonchev–Trinajstić information content (AvgIpc) is 3.42. The van der Waals surface area contributed by atoms with Crippen LogP contribution in [-0.2, 0) is 9.59 Å². The first-order valence-electron chi connectivity index (χ1n) is 11.1. The van der Waals surface area contributed by atoms with Gasteiger partial charge in [-0.15, -0.1) is 0 Å². The summed E-state index contributed by atoms with van der Waals surface area (Å²) in [6.07, 6.45) is 1.81. The smallest absolute Gasteiger partial charge is 0.300 e. The maximum Gasteiger partial charge on any atom is 0.300 e. The number of carbonyl (C=O) groups is 2. The average molecular weight is 444 g/mol. The van der Waals surface area contributed by atoms with Crippen molar-refractivity contribution in [3.05, 3.63) is 120 Å². The molecule has 1 aromatic heterocycles. The van der Waals surface area contributed by atoms with Gasteiger partial charge in [0.2, 0.25) is 0 Å². The maximum atomic E-state index is 13.5. The van der Waals surface area contributed by atoms with Crippen LogP contribution in [0.4, 0.5) is 5.69 Å². The van der Waals surface area contributed by atoms with Crippen LogP contribution in [0.2, 0.25) is 0 Å². The number of aliphatic hydroxyl groups is 1. The van der Waals surface area contributed by atoms with Crippen LogP contribution >= 0.6 is 0 Å². The van der Waals surface area contributed by atoms with Crippen LogP contribution in [0.15, 0.2) is 109 Å². The highest BCUT2D eigenvalue weighted by Crippen LogP contribution is 2.44. The minimum absolute atomic E-state index is 0.0787. The molecule has 0 saturated carbocycles. The van der Waals surface area contributed by atoms with E-state index >= 15 is 0 Å².